The number of aromatic nitrogens is 3. The van der Waals surface area contributed by atoms with Gasteiger partial charge in [0.2, 0.25) is 5.91 Å². The van der Waals surface area contributed by atoms with E-state index in [0.29, 0.717) is 12.3 Å². The van der Waals surface area contributed by atoms with Crippen LogP contribution in [0, 0.1) is 5.92 Å². The van der Waals surface area contributed by atoms with Crippen molar-refractivity contribution in [3.8, 4) is 0 Å². The summed E-state index contributed by atoms with van der Waals surface area (Å²) in [5.41, 5.74) is 2.03. The lowest BCUT2D eigenvalue weighted by atomic mass is 9.86. The Hall–Kier alpha value is -2.08. The largest absolute Gasteiger partial charge is 0.325 e. The molecule has 156 valence electrons. The average molecular weight is 413 g/mol. The van der Waals surface area contributed by atoms with Crippen molar-refractivity contribution in [3.05, 3.63) is 48.3 Å². The number of benzene rings is 1. The number of rotatable bonds is 10. The third-order valence-corrected chi connectivity index (χ3v) is 6.58. The first-order valence-electron chi connectivity index (χ1n) is 10.7. The molecule has 1 saturated carbocycles. The number of amides is 1. The van der Waals surface area contributed by atoms with E-state index in [1.165, 1.54) is 50.3 Å². The van der Waals surface area contributed by atoms with Gasteiger partial charge in [-0.25, -0.2) is 0 Å². The van der Waals surface area contributed by atoms with Gasteiger partial charge in [0.1, 0.15) is 5.82 Å². The Labute approximate surface area is 178 Å². The molecule has 1 aliphatic rings. The quantitative estimate of drug-likeness (QED) is 0.426. The van der Waals surface area contributed by atoms with Gasteiger partial charge in [0.15, 0.2) is 5.16 Å². The highest BCUT2D eigenvalue weighted by Gasteiger charge is 2.17. The maximum atomic E-state index is 12.5. The monoisotopic (exact) mass is 412 g/mol. The summed E-state index contributed by atoms with van der Waals surface area (Å²) in [6.07, 6.45) is 11.7. The standard InChI is InChI=1S/C23H32N4OS/c1-3-16-27-21(15-14-18-10-6-5-7-11-18)25-26-23(27)29-17-22(28)24-20-13-9-8-12-19(20)4-2/h3,8-9,12-13,18H,1,4-7,10-11,14-17H2,2H3,(H,24,28). The summed E-state index contributed by atoms with van der Waals surface area (Å²) in [7, 11) is 0. The Morgan fingerprint density at radius 1 is 1.28 bits per heavy atom. The molecule has 0 radical (unpaired) electrons. The van der Waals surface area contributed by atoms with Gasteiger partial charge in [-0.2, -0.15) is 0 Å². The van der Waals surface area contributed by atoms with E-state index in [1.54, 1.807) is 0 Å². The minimum Gasteiger partial charge on any atom is -0.325 e. The number of anilines is 1. The predicted molar refractivity (Wildman–Crippen MR) is 120 cm³/mol. The summed E-state index contributed by atoms with van der Waals surface area (Å²) in [5.74, 6) is 2.12. The Bertz CT molecular complexity index is 811. The maximum Gasteiger partial charge on any atom is 0.234 e. The number of hydrogen-bond acceptors (Lipinski definition) is 4. The smallest absolute Gasteiger partial charge is 0.234 e. The van der Waals surface area contributed by atoms with Crippen LogP contribution in [0.1, 0.15) is 56.8 Å². The molecule has 3 rings (SSSR count). The lowest BCUT2D eigenvalue weighted by Crippen LogP contribution is -2.16. The number of para-hydroxylation sites is 1. The minimum atomic E-state index is -0.0205. The molecule has 0 spiro atoms. The highest BCUT2D eigenvalue weighted by molar-refractivity contribution is 7.99. The number of thioether (sulfide) groups is 1. The summed E-state index contributed by atoms with van der Waals surface area (Å²) in [5, 5.41) is 12.6. The van der Waals surface area contributed by atoms with Crippen molar-refractivity contribution in [2.45, 2.75) is 70.0 Å². The van der Waals surface area contributed by atoms with E-state index in [9.17, 15) is 4.79 Å². The molecule has 1 aromatic carbocycles. The fourth-order valence-corrected chi connectivity index (χ4v) is 4.77. The lowest BCUT2D eigenvalue weighted by Gasteiger charge is -2.21. The van der Waals surface area contributed by atoms with Crippen LogP contribution in [0.5, 0.6) is 0 Å². The second-order valence-electron chi connectivity index (χ2n) is 7.69. The second kappa shape index (κ2) is 11.2. The molecule has 1 fully saturated rings. The van der Waals surface area contributed by atoms with Crippen molar-refractivity contribution in [1.29, 1.82) is 0 Å². The van der Waals surface area contributed by atoms with E-state index >= 15 is 0 Å². The highest BCUT2D eigenvalue weighted by atomic mass is 32.2. The van der Waals surface area contributed by atoms with E-state index < -0.39 is 0 Å². The van der Waals surface area contributed by atoms with E-state index in [0.717, 1.165) is 41.0 Å². The molecule has 0 saturated heterocycles. The van der Waals surface area contributed by atoms with Crippen LogP contribution in [0.15, 0.2) is 42.1 Å². The lowest BCUT2D eigenvalue weighted by molar-refractivity contribution is -0.113. The summed E-state index contributed by atoms with van der Waals surface area (Å²) >= 11 is 1.44. The third-order valence-electron chi connectivity index (χ3n) is 5.61. The van der Waals surface area contributed by atoms with Gasteiger partial charge in [-0.05, 0) is 30.4 Å². The molecular weight excluding hydrogens is 380 g/mol. The Morgan fingerprint density at radius 2 is 2.07 bits per heavy atom. The van der Waals surface area contributed by atoms with E-state index in [2.05, 4.69) is 33.6 Å². The van der Waals surface area contributed by atoms with E-state index in [4.69, 9.17) is 0 Å². The SMILES string of the molecule is C=CCn1c(CCC2CCCCC2)nnc1SCC(=O)Nc1ccccc1CC. The van der Waals surface area contributed by atoms with Crippen LogP contribution in [-0.2, 0) is 24.2 Å². The predicted octanol–water partition coefficient (Wildman–Crippen LogP) is 5.27. The molecule has 6 heteroatoms. The van der Waals surface area contributed by atoms with Crippen LogP contribution in [-0.4, -0.2) is 26.4 Å². The molecule has 0 atom stereocenters. The Morgan fingerprint density at radius 3 is 2.83 bits per heavy atom. The second-order valence-corrected chi connectivity index (χ2v) is 8.63. The van der Waals surface area contributed by atoms with Crippen LogP contribution < -0.4 is 5.32 Å². The summed E-state index contributed by atoms with van der Waals surface area (Å²) in [6.45, 7) is 6.64. The van der Waals surface area contributed by atoms with Gasteiger partial charge in [0.25, 0.3) is 0 Å². The first kappa shape index (κ1) is 21.6. The number of carbonyl (C=O) groups is 1. The van der Waals surface area contributed by atoms with E-state index in [-0.39, 0.29) is 5.91 Å². The normalized spacial score (nSPS) is 14.7. The molecular formula is C23H32N4OS. The molecule has 1 aromatic heterocycles. The van der Waals surface area contributed by atoms with Crippen molar-refractivity contribution < 1.29 is 4.79 Å². The molecule has 1 heterocycles. The first-order chi connectivity index (χ1) is 14.2. The zero-order valence-electron chi connectivity index (χ0n) is 17.4. The van der Waals surface area contributed by atoms with Crippen LogP contribution in [0.2, 0.25) is 0 Å². The number of carbonyl (C=O) groups excluding carboxylic acids is 1. The zero-order chi connectivity index (χ0) is 20.5. The van der Waals surface area contributed by atoms with Crippen molar-refractivity contribution in [2.75, 3.05) is 11.1 Å². The maximum absolute atomic E-state index is 12.5. The van der Waals surface area contributed by atoms with Crippen molar-refractivity contribution in [3.63, 3.8) is 0 Å². The number of nitrogens with zero attached hydrogens (tertiary/aromatic N) is 3. The highest BCUT2D eigenvalue weighted by Crippen LogP contribution is 2.28. The van der Waals surface area contributed by atoms with Crippen molar-refractivity contribution in [2.24, 2.45) is 5.92 Å². The van der Waals surface area contributed by atoms with Gasteiger partial charge in [0.05, 0.1) is 5.75 Å². The summed E-state index contributed by atoms with van der Waals surface area (Å²) in [4.78, 5) is 12.5. The fourth-order valence-electron chi connectivity index (χ4n) is 4.00. The topological polar surface area (TPSA) is 59.8 Å². The van der Waals surface area contributed by atoms with Gasteiger partial charge in [-0.3, -0.25) is 4.79 Å². The van der Waals surface area contributed by atoms with Gasteiger partial charge in [0, 0.05) is 18.7 Å². The molecule has 1 N–H and O–H groups in total. The fraction of sp³-hybridized carbons (Fsp3) is 0.522. The third kappa shape index (κ3) is 6.20. The van der Waals surface area contributed by atoms with Crippen molar-refractivity contribution in [1.82, 2.24) is 14.8 Å². The Balaban J connectivity index is 1.57. The van der Waals surface area contributed by atoms with E-state index in [1.807, 2.05) is 30.3 Å². The molecule has 29 heavy (non-hydrogen) atoms. The molecule has 1 aliphatic carbocycles. The molecule has 2 aromatic rings. The summed E-state index contributed by atoms with van der Waals surface area (Å²) in [6, 6.07) is 7.93. The van der Waals surface area contributed by atoms with Gasteiger partial charge < -0.3 is 9.88 Å². The Kier molecular flexibility index (Phi) is 8.35. The molecule has 0 aliphatic heterocycles. The molecule has 0 unspecified atom stereocenters. The van der Waals surface area contributed by atoms with Crippen LogP contribution in [0.25, 0.3) is 0 Å². The number of nitrogens with one attached hydrogen (secondary N) is 1. The molecule has 5 nitrogen and oxygen atoms in total. The van der Waals surface area contributed by atoms with Gasteiger partial charge in [-0.15, -0.1) is 16.8 Å². The van der Waals surface area contributed by atoms with Crippen molar-refractivity contribution >= 4 is 23.4 Å². The number of allylic oxidation sites excluding steroid dienone is 1. The van der Waals surface area contributed by atoms with Gasteiger partial charge in [-0.1, -0.05) is 75.1 Å². The molecule has 1 amide bonds. The first-order valence-corrected chi connectivity index (χ1v) is 11.7. The zero-order valence-corrected chi connectivity index (χ0v) is 18.2. The summed E-state index contributed by atoms with van der Waals surface area (Å²) < 4.78 is 2.10. The van der Waals surface area contributed by atoms with Crippen LogP contribution in [0.3, 0.4) is 0 Å². The molecule has 0 bridgehead atoms. The number of aryl methyl sites for hydroxylation is 2. The average Bonchev–Trinajstić information content (AvgIpc) is 3.14. The minimum absolute atomic E-state index is 0.0205. The number of hydrogen-bond donors (Lipinski definition) is 1. The van der Waals surface area contributed by atoms with Crippen LogP contribution in [0.4, 0.5) is 5.69 Å². The van der Waals surface area contributed by atoms with Crippen LogP contribution >= 0.6 is 11.8 Å². The van der Waals surface area contributed by atoms with Gasteiger partial charge >= 0.3 is 0 Å².